The maximum atomic E-state index is 12.9. The molecule has 0 aromatic heterocycles. The van der Waals surface area contributed by atoms with E-state index >= 15 is 0 Å². The van der Waals surface area contributed by atoms with Gasteiger partial charge in [0.2, 0.25) is 5.78 Å². The molecule has 4 rings (SSSR count). The number of hydrogen-bond donors (Lipinski definition) is 3. The van der Waals surface area contributed by atoms with Crippen LogP contribution in [0.25, 0.3) is 0 Å². The van der Waals surface area contributed by atoms with E-state index in [4.69, 9.17) is 20.9 Å². The molecule has 24 heavy (non-hydrogen) atoms. The summed E-state index contributed by atoms with van der Waals surface area (Å²) in [6, 6.07) is 0.302. The standard InChI is InChI=1S/C16H20N4O4/c1-6-10-8(5-24-15(18)22)16(23-3)14-9(19-14)4-20(16)12(10)13(21)7(2)11(6)17/h8-9,14,19H,1,4-5,17H2,2-3H3,(H2,18,22)/t8-,9+,14+,16-/m1/s1. The van der Waals surface area contributed by atoms with Gasteiger partial charge >= 0.3 is 6.09 Å². The van der Waals surface area contributed by atoms with Gasteiger partial charge in [-0.25, -0.2) is 4.79 Å². The molecular formula is C16H20N4O4. The number of nitrogens with two attached hydrogens (primary N) is 2. The zero-order valence-corrected chi connectivity index (χ0v) is 13.6. The second-order valence-corrected chi connectivity index (χ2v) is 6.61. The SMILES string of the molecule is C=C1C(N)=C(C)C(=O)C2=C1[C@@H](COC(N)=O)[C@@]1(OC)[C@H]3N[C@H]3CN21. The Labute approximate surface area is 139 Å². The fourth-order valence-corrected chi connectivity index (χ4v) is 4.45. The van der Waals surface area contributed by atoms with E-state index in [-0.39, 0.29) is 24.5 Å². The largest absolute Gasteiger partial charge is 0.449 e. The van der Waals surface area contributed by atoms with Crippen molar-refractivity contribution in [3.63, 3.8) is 0 Å². The molecule has 5 N–H and O–H groups in total. The Balaban J connectivity index is 1.85. The van der Waals surface area contributed by atoms with Gasteiger partial charge in [0.05, 0.1) is 17.7 Å². The highest BCUT2D eigenvalue weighted by Crippen LogP contribution is 2.57. The lowest BCUT2D eigenvalue weighted by Crippen LogP contribution is -2.55. The molecule has 4 aliphatic rings. The van der Waals surface area contributed by atoms with Gasteiger partial charge in [0.1, 0.15) is 6.61 Å². The first kappa shape index (κ1) is 15.2. The molecule has 2 saturated heterocycles. The molecule has 8 nitrogen and oxygen atoms in total. The summed E-state index contributed by atoms with van der Waals surface area (Å²) in [6.45, 7) is 6.41. The van der Waals surface area contributed by atoms with Crippen molar-refractivity contribution in [3.05, 3.63) is 34.7 Å². The summed E-state index contributed by atoms with van der Waals surface area (Å²) >= 11 is 0. The Bertz CT molecular complexity index is 755. The molecular weight excluding hydrogens is 312 g/mol. The van der Waals surface area contributed by atoms with Crippen LogP contribution in [-0.4, -0.2) is 54.8 Å². The third-order valence-corrected chi connectivity index (χ3v) is 5.64. The number of ketones is 1. The second-order valence-electron chi connectivity index (χ2n) is 6.61. The van der Waals surface area contributed by atoms with Crippen LogP contribution >= 0.6 is 0 Å². The quantitative estimate of drug-likeness (QED) is 0.585. The number of rotatable bonds is 3. The fourth-order valence-electron chi connectivity index (χ4n) is 4.45. The third-order valence-electron chi connectivity index (χ3n) is 5.64. The van der Waals surface area contributed by atoms with Gasteiger partial charge in [-0.05, 0) is 18.1 Å². The molecule has 1 amide bonds. The molecule has 0 radical (unpaired) electrons. The van der Waals surface area contributed by atoms with Crippen LogP contribution in [-0.2, 0) is 14.3 Å². The Morgan fingerprint density at radius 2 is 2.25 bits per heavy atom. The van der Waals surface area contributed by atoms with E-state index in [0.29, 0.717) is 34.7 Å². The van der Waals surface area contributed by atoms with Crippen LogP contribution < -0.4 is 16.8 Å². The number of nitrogens with zero attached hydrogens (tertiary/aromatic N) is 1. The highest BCUT2D eigenvalue weighted by molar-refractivity contribution is 6.12. The van der Waals surface area contributed by atoms with Crippen molar-refractivity contribution >= 4 is 11.9 Å². The van der Waals surface area contributed by atoms with Crippen LogP contribution in [0.15, 0.2) is 34.7 Å². The Morgan fingerprint density at radius 3 is 2.88 bits per heavy atom. The van der Waals surface area contributed by atoms with E-state index in [1.807, 2.05) is 4.90 Å². The third kappa shape index (κ3) is 1.59. The fraction of sp³-hybridized carbons (Fsp3) is 0.500. The number of amides is 1. The lowest BCUT2D eigenvalue weighted by atomic mass is 9.81. The number of methoxy groups -OCH3 is 1. The summed E-state index contributed by atoms with van der Waals surface area (Å²) in [5, 5.41) is 3.36. The normalized spacial score (nSPS) is 36.8. The predicted molar refractivity (Wildman–Crippen MR) is 84.2 cm³/mol. The van der Waals surface area contributed by atoms with Crippen LogP contribution in [0.1, 0.15) is 6.92 Å². The summed E-state index contributed by atoms with van der Waals surface area (Å²) in [6.07, 6.45) is -0.868. The lowest BCUT2D eigenvalue weighted by molar-refractivity contribution is -0.135. The number of primary amides is 1. The Kier molecular flexibility index (Phi) is 2.92. The van der Waals surface area contributed by atoms with Gasteiger partial charge in [0.15, 0.2) is 5.72 Å². The van der Waals surface area contributed by atoms with Crippen molar-refractivity contribution in [2.45, 2.75) is 24.7 Å². The smallest absolute Gasteiger partial charge is 0.404 e. The monoisotopic (exact) mass is 332 g/mol. The molecule has 2 fully saturated rings. The number of allylic oxidation sites excluding steroid dienone is 2. The van der Waals surface area contributed by atoms with E-state index in [9.17, 15) is 9.59 Å². The zero-order chi connectivity index (χ0) is 17.4. The van der Waals surface area contributed by atoms with Gasteiger partial charge in [-0.3, -0.25) is 4.79 Å². The van der Waals surface area contributed by atoms with Crippen LogP contribution in [0.2, 0.25) is 0 Å². The summed E-state index contributed by atoms with van der Waals surface area (Å²) in [5.74, 6) is -0.516. The molecule has 1 aliphatic carbocycles. The second kappa shape index (κ2) is 4.61. The first-order valence-corrected chi connectivity index (χ1v) is 7.80. The number of nitrogens with one attached hydrogen (secondary N) is 1. The van der Waals surface area contributed by atoms with Crippen LogP contribution in [0.5, 0.6) is 0 Å². The number of piperazine rings is 1. The predicted octanol–water partition coefficient (Wildman–Crippen LogP) is -0.664. The van der Waals surface area contributed by atoms with Gasteiger partial charge in [-0.15, -0.1) is 0 Å². The maximum absolute atomic E-state index is 12.9. The lowest BCUT2D eigenvalue weighted by Gasteiger charge is -2.39. The van der Waals surface area contributed by atoms with E-state index in [1.54, 1.807) is 14.0 Å². The number of ether oxygens (including phenoxy) is 2. The average Bonchev–Trinajstić information content (AvgIpc) is 3.16. The number of hydrogen-bond acceptors (Lipinski definition) is 7. The van der Waals surface area contributed by atoms with Crippen molar-refractivity contribution in [3.8, 4) is 0 Å². The first-order chi connectivity index (χ1) is 11.3. The summed E-state index contributed by atoms with van der Waals surface area (Å²) in [5.41, 5.74) is 13.1. The molecule has 0 spiro atoms. The number of Topliss-reactive ketones (excluding diaryl/α,β-unsaturated/α-hetero) is 1. The number of fused-ring (bicyclic) bond motifs is 4. The molecule has 0 aromatic rings. The minimum absolute atomic E-state index is 0.00202. The molecule has 0 unspecified atom stereocenters. The van der Waals surface area contributed by atoms with Crippen LogP contribution in [0.4, 0.5) is 4.79 Å². The van der Waals surface area contributed by atoms with Crippen LogP contribution in [0.3, 0.4) is 0 Å². The van der Waals surface area contributed by atoms with E-state index < -0.39 is 17.7 Å². The summed E-state index contributed by atoms with van der Waals surface area (Å²) in [7, 11) is 1.60. The summed E-state index contributed by atoms with van der Waals surface area (Å²) < 4.78 is 11.0. The maximum Gasteiger partial charge on any atom is 0.404 e. The first-order valence-electron chi connectivity index (χ1n) is 7.80. The van der Waals surface area contributed by atoms with Crippen molar-refractivity contribution < 1.29 is 19.1 Å². The van der Waals surface area contributed by atoms with E-state index in [0.717, 1.165) is 0 Å². The number of carbonyl (C=O) groups excluding carboxylic acids is 2. The van der Waals surface area contributed by atoms with Crippen molar-refractivity contribution in [2.24, 2.45) is 17.4 Å². The molecule has 4 atom stereocenters. The van der Waals surface area contributed by atoms with E-state index in [1.165, 1.54) is 0 Å². The minimum atomic E-state index is -0.868. The molecule has 3 heterocycles. The highest BCUT2D eigenvalue weighted by atomic mass is 16.6. The zero-order valence-electron chi connectivity index (χ0n) is 13.6. The van der Waals surface area contributed by atoms with Gasteiger partial charge in [-0.2, -0.15) is 0 Å². The molecule has 3 aliphatic heterocycles. The van der Waals surface area contributed by atoms with Crippen molar-refractivity contribution in [2.75, 3.05) is 20.3 Å². The van der Waals surface area contributed by atoms with Gasteiger partial charge in [0, 0.05) is 31.0 Å². The molecule has 8 heteroatoms. The van der Waals surface area contributed by atoms with Gasteiger partial charge in [0.25, 0.3) is 0 Å². The van der Waals surface area contributed by atoms with Crippen molar-refractivity contribution in [1.29, 1.82) is 0 Å². The Hall–Kier alpha value is -2.32. The highest BCUT2D eigenvalue weighted by Gasteiger charge is 2.72. The summed E-state index contributed by atoms with van der Waals surface area (Å²) in [4.78, 5) is 26.0. The van der Waals surface area contributed by atoms with Crippen LogP contribution in [0, 0.1) is 5.92 Å². The van der Waals surface area contributed by atoms with Crippen molar-refractivity contribution in [1.82, 2.24) is 10.2 Å². The van der Waals surface area contributed by atoms with Gasteiger partial charge in [-0.1, -0.05) is 6.58 Å². The minimum Gasteiger partial charge on any atom is -0.449 e. The number of carbonyl (C=O) groups is 2. The van der Waals surface area contributed by atoms with Gasteiger partial charge < -0.3 is 31.2 Å². The topological polar surface area (TPSA) is 130 Å². The molecule has 0 saturated carbocycles. The average molecular weight is 332 g/mol. The molecule has 0 aromatic carbocycles. The Morgan fingerprint density at radius 1 is 1.54 bits per heavy atom. The molecule has 0 bridgehead atoms. The van der Waals surface area contributed by atoms with E-state index in [2.05, 4.69) is 11.9 Å². The molecule has 128 valence electrons.